The summed E-state index contributed by atoms with van der Waals surface area (Å²) in [5.74, 6) is 1.15. The number of carbonyl (C=O) groups is 1. The number of aryl methyl sites for hydroxylation is 1. The molecular weight excluding hydrogens is 180 g/mol. The number of rotatable bonds is 2. The van der Waals surface area contributed by atoms with Gasteiger partial charge < -0.3 is 9.30 Å². The monoisotopic (exact) mass is 194 g/mol. The molecule has 1 aromatic rings. The molecule has 1 aliphatic rings. The molecule has 2 heterocycles. The largest absolute Gasteiger partial charge is 0.369 e. The van der Waals surface area contributed by atoms with Crippen LogP contribution in [0.2, 0.25) is 0 Å². The lowest BCUT2D eigenvalue weighted by molar-refractivity contribution is -0.129. The van der Waals surface area contributed by atoms with Crippen molar-refractivity contribution in [2.45, 2.75) is 32.4 Å². The quantitative estimate of drug-likeness (QED) is 0.713. The molecule has 14 heavy (non-hydrogen) atoms. The first kappa shape index (κ1) is 9.40. The zero-order chi connectivity index (χ0) is 9.97. The molecule has 76 valence electrons. The maximum atomic E-state index is 11.3. The molecule has 1 atom stereocenters. The van der Waals surface area contributed by atoms with Gasteiger partial charge in [0.2, 0.25) is 0 Å². The number of Topliss-reactive ketones (excluding diaryl/α,β-unsaturated/α-hetero) is 1. The number of ketones is 1. The van der Waals surface area contributed by atoms with Crippen LogP contribution in [0.1, 0.15) is 31.7 Å². The maximum Gasteiger partial charge on any atom is 0.138 e. The standard InChI is InChI=1S/C10H14N2O2/c1-2-12-5-4-11-10(12)9-7-8(13)3-6-14-9/h4-5,9H,2-3,6-7H2,1H3. The third-order valence-corrected chi connectivity index (χ3v) is 2.49. The van der Waals surface area contributed by atoms with Crippen LogP contribution >= 0.6 is 0 Å². The molecule has 1 saturated heterocycles. The lowest BCUT2D eigenvalue weighted by atomic mass is 10.1. The summed E-state index contributed by atoms with van der Waals surface area (Å²) in [7, 11) is 0. The van der Waals surface area contributed by atoms with Crippen LogP contribution in [0.15, 0.2) is 12.4 Å². The Labute approximate surface area is 82.9 Å². The van der Waals surface area contributed by atoms with Crippen molar-refractivity contribution in [3.05, 3.63) is 18.2 Å². The molecule has 0 radical (unpaired) electrons. The fourth-order valence-electron chi connectivity index (χ4n) is 1.72. The summed E-state index contributed by atoms with van der Waals surface area (Å²) in [5, 5.41) is 0. The molecule has 1 aliphatic heterocycles. The van der Waals surface area contributed by atoms with Gasteiger partial charge in [-0.05, 0) is 6.92 Å². The molecule has 0 N–H and O–H groups in total. The molecule has 4 nitrogen and oxygen atoms in total. The summed E-state index contributed by atoms with van der Waals surface area (Å²) in [4.78, 5) is 15.5. The van der Waals surface area contributed by atoms with Crippen LogP contribution in [0.3, 0.4) is 0 Å². The van der Waals surface area contributed by atoms with E-state index in [1.54, 1.807) is 6.20 Å². The Bertz CT molecular complexity index is 333. The zero-order valence-electron chi connectivity index (χ0n) is 8.27. The van der Waals surface area contributed by atoms with Gasteiger partial charge in [-0.3, -0.25) is 4.79 Å². The van der Waals surface area contributed by atoms with Crippen LogP contribution in [0.4, 0.5) is 0 Å². The van der Waals surface area contributed by atoms with Crippen LogP contribution in [-0.2, 0) is 16.1 Å². The Morgan fingerprint density at radius 3 is 3.29 bits per heavy atom. The average Bonchev–Trinajstić information content (AvgIpc) is 2.65. The number of carbonyl (C=O) groups excluding carboxylic acids is 1. The highest BCUT2D eigenvalue weighted by Crippen LogP contribution is 2.24. The van der Waals surface area contributed by atoms with Gasteiger partial charge in [-0.1, -0.05) is 0 Å². The molecule has 1 unspecified atom stereocenters. The number of imidazole rings is 1. The lowest BCUT2D eigenvalue weighted by Gasteiger charge is -2.21. The van der Waals surface area contributed by atoms with Crippen molar-refractivity contribution >= 4 is 5.78 Å². The fraction of sp³-hybridized carbons (Fsp3) is 0.600. The second-order valence-electron chi connectivity index (χ2n) is 3.42. The topological polar surface area (TPSA) is 44.1 Å². The first-order valence-electron chi connectivity index (χ1n) is 4.95. The Kier molecular flexibility index (Phi) is 2.63. The van der Waals surface area contributed by atoms with E-state index in [0.717, 1.165) is 12.4 Å². The minimum atomic E-state index is -0.133. The van der Waals surface area contributed by atoms with E-state index in [4.69, 9.17) is 4.74 Å². The molecule has 2 rings (SSSR count). The summed E-state index contributed by atoms with van der Waals surface area (Å²) in [6, 6.07) is 0. The van der Waals surface area contributed by atoms with Crippen molar-refractivity contribution in [2.24, 2.45) is 0 Å². The van der Waals surface area contributed by atoms with Gasteiger partial charge in [0.25, 0.3) is 0 Å². The van der Waals surface area contributed by atoms with Gasteiger partial charge in [-0.15, -0.1) is 0 Å². The normalized spacial score (nSPS) is 22.6. The van der Waals surface area contributed by atoms with Gasteiger partial charge in [0.15, 0.2) is 0 Å². The fourth-order valence-corrected chi connectivity index (χ4v) is 1.72. The third-order valence-electron chi connectivity index (χ3n) is 2.49. The summed E-state index contributed by atoms with van der Waals surface area (Å²) in [6.45, 7) is 3.44. The smallest absolute Gasteiger partial charge is 0.138 e. The van der Waals surface area contributed by atoms with E-state index in [9.17, 15) is 4.79 Å². The van der Waals surface area contributed by atoms with E-state index in [2.05, 4.69) is 11.9 Å². The van der Waals surface area contributed by atoms with E-state index >= 15 is 0 Å². The second kappa shape index (κ2) is 3.92. The van der Waals surface area contributed by atoms with Crippen molar-refractivity contribution in [1.29, 1.82) is 0 Å². The number of nitrogens with zero attached hydrogens (tertiary/aromatic N) is 2. The predicted octanol–water partition coefficient (Wildman–Crippen LogP) is 1.32. The molecule has 0 bridgehead atoms. The van der Waals surface area contributed by atoms with Gasteiger partial charge in [-0.2, -0.15) is 0 Å². The highest BCUT2D eigenvalue weighted by atomic mass is 16.5. The van der Waals surface area contributed by atoms with Gasteiger partial charge in [0, 0.05) is 31.8 Å². The molecular formula is C10H14N2O2. The SMILES string of the molecule is CCn1ccnc1C1CC(=O)CCO1. The summed E-state index contributed by atoms with van der Waals surface area (Å²) >= 11 is 0. The van der Waals surface area contributed by atoms with Gasteiger partial charge >= 0.3 is 0 Å². The molecule has 0 spiro atoms. The van der Waals surface area contributed by atoms with Crippen LogP contribution < -0.4 is 0 Å². The Morgan fingerprint density at radius 2 is 2.57 bits per heavy atom. The molecule has 4 heteroatoms. The third kappa shape index (κ3) is 1.70. The highest BCUT2D eigenvalue weighted by molar-refractivity contribution is 5.79. The summed E-state index contributed by atoms with van der Waals surface area (Å²) in [6.07, 6.45) is 4.55. The van der Waals surface area contributed by atoms with Crippen molar-refractivity contribution in [2.75, 3.05) is 6.61 Å². The second-order valence-corrected chi connectivity index (χ2v) is 3.42. The van der Waals surface area contributed by atoms with Crippen LogP contribution in [0.25, 0.3) is 0 Å². The molecule has 0 aliphatic carbocycles. The van der Waals surface area contributed by atoms with Crippen molar-refractivity contribution in [3.63, 3.8) is 0 Å². The van der Waals surface area contributed by atoms with Crippen molar-refractivity contribution < 1.29 is 9.53 Å². The Morgan fingerprint density at radius 1 is 1.71 bits per heavy atom. The zero-order valence-corrected chi connectivity index (χ0v) is 8.27. The van der Waals surface area contributed by atoms with E-state index < -0.39 is 0 Å². The van der Waals surface area contributed by atoms with Gasteiger partial charge in [0.05, 0.1) is 6.61 Å². The Balaban J connectivity index is 2.17. The molecule has 1 fully saturated rings. The average molecular weight is 194 g/mol. The van der Waals surface area contributed by atoms with Crippen LogP contribution in [-0.4, -0.2) is 21.9 Å². The minimum Gasteiger partial charge on any atom is -0.369 e. The van der Waals surface area contributed by atoms with E-state index in [1.807, 2.05) is 10.8 Å². The molecule has 0 amide bonds. The highest BCUT2D eigenvalue weighted by Gasteiger charge is 2.24. The molecule has 0 saturated carbocycles. The van der Waals surface area contributed by atoms with E-state index in [0.29, 0.717) is 19.4 Å². The van der Waals surface area contributed by atoms with Gasteiger partial charge in [0.1, 0.15) is 17.7 Å². The molecule has 1 aromatic heterocycles. The maximum absolute atomic E-state index is 11.3. The van der Waals surface area contributed by atoms with E-state index in [-0.39, 0.29) is 11.9 Å². The Hall–Kier alpha value is -1.16. The van der Waals surface area contributed by atoms with E-state index in [1.165, 1.54) is 0 Å². The summed E-state index contributed by atoms with van der Waals surface area (Å²) < 4.78 is 7.55. The number of aromatic nitrogens is 2. The van der Waals surface area contributed by atoms with Crippen LogP contribution in [0.5, 0.6) is 0 Å². The number of ether oxygens (including phenoxy) is 1. The van der Waals surface area contributed by atoms with Gasteiger partial charge in [-0.25, -0.2) is 4.98 Å². The van der Waals surface area contributed by atoms with Crippen molar-refractivity contribution in [1.82, 2.24) is 9.55 Å². The lowest BCUT2D eigenvalue weighted by Crippen LogP contribution is -2.22. The number of hydrogen-bond acceptors (Lipinski definition) is 3. The predicted molar refractivity (Wildman–Crippen MR) is 50.8 cm³/mol. The number of hydrogen-bond donors (Lipinski definition) is 0. The molecule has 0 aromatic carbocycles. The summed E-state index contributed by atoms with van der Waals surface area (Å²) in [5.41, 5.74) is 0. The minimum absolute atomic E-state index is 0.133. The first-order chi connectivity index (χ1) is 6.81. The first-order valence-corrected chi connectivity index (χ1v) is 4.95. The van der Waals surface area contributed by atoms with Crippen LogP contribution in [0, 0.1) is 0 Å². The van der Waals surface area contributed by atoms with Crippen molar-refractivity contribution in [3.8, 4) is 0 Å².